The van der Waals surface area contributed by atoms with Crippen molar-refractivity contribution in [3.63, 3.8) is 0 Å². The Balaban J connectivity index is 1.67. The van der Waals surface area contributed by atoms with Gasteiger partial charge in [-0.3, -0.25) is 10.2 Å². The fourth-order valence-corrected chi connectivity index (χ4v) is 4.20. The van der Waals surface area contributed by atoms with Crippen LogP contribution in [0.1, 0.15) is 18.2 Å². The third kappa shape index (κ3) is 4.35. The Bertz CT molecular complexity index is 1520. The van der Waals surface area contributed by atoms with Crippen LogP contribution in [0.25, 0.3) is 16.6 Å². The standard InChI is InChI=1S/C21H19BrN6O3S/c1-12(26-27-15-4-6-16(7-5-15)32(23,30)31)18-11-24-28(13(18)2)20-10-21(29)25-19-8-3-14(22)9-17(19)20/h3-11,27H,1-2H3,(H,25,29)(H2,23,30,31)/b26-12+. The van der Waals surface area contributed by atoms with E-state index in [1.165, 1.54) is 18.2 Å². The molecular weight excluding hydrogens is 496 g/mol. The number of halogens is 1. The van der Waals surface area contributed by atoms with Crippen molar-refractivity contribution in [2.75, 3.05) is 5.43 Å². The Morgan fingerprint density at radius 3 is 2.59 bits per heavy atom. The molecule has 0 bridgehead atoms. The molecule has 4 N–H and O–H groups in total. The fourth-order valence-electron chi connectivity index (χ4n) is 3.32. The summed E-state index contributed by atoms with van der Waals surface area (Å²) >= 11 is 3.47. The molecule has 0 unspecified atom stereocenters. The Hall–Kier alpha value is -3.28. The number of hydrogen-bond donors (Lipinski definition) is 3. The highest BCUT2D eigenvalue weighted by Crippen LogP contribution is 2.25. The van der Waals surface area contributed by atoms with Crippen LogP contribution in [0.2, 0.25) is 0 Å². The maximum absolute atomic E-state index is 12.2. The highest BCUT2D eigenvalue weighted by molar-refractivity contribution is 9.10. The van der Waals surface area contributed by atoms with Gasteiger partial charge in [-0.2, -0.15) is 10.2 Å². The van der Waals surface area contributed by atoms with E-state index in [4.69, 9.17) is 5.14 Å². The highest BCUT2D eigenvalue weighted by Gasteiger charge is 2.14. The van der Waals surface area contributed by atoms with Crippen molar-refractivity contribution in [1.29, 1.82) is 0 Å². The molecule has 0 aliphatic heterocycles. The summed E-state index contributed by atoms with van der Waals surface area (Å²) < 4.78 is 25.3. The normalized spacial score (nSPS) is 12.3. The molecule has 32 heavy (non-hydrogen) atoms. The zero-order valence-electron chi connectivity index (χ0n) is 17.1. The Labute approximate surface area is 192 Å². The van der Waals surface area contributed by atoms with Crippen LogP contribution in [0.15, 0.2) is 74.0 Å². The van der Waals surface area contributed by atoms with Gasteiger partial charge in [0.2, 0.25) is 10.0 Å². The number of H-pyrrole nitrogens is 1. The molecule has 11 heteroatoms. The van der Waals surface area contributed by atoms with E-state index in [0.717, 1.165) is 21.1 Å². The first-order chi connectivity index (χ1) is 15.1. The smallest absolute Gasteiger partial charge is 0.250 e. The SMILES string of the molecule is C/C(=N\Nc1ccc(S(N)(=O)=O)cc1)c1cnn(-c2cc(=O)[nH]c3ccc(Br)cc23)c1C. The van der Waals surface area contributed by atoms with E-state index in [1.807, 2.05) is 32.0 Å². The first kappa shape index (κ1) is 21.9. The van der Waals surface area contributed by atoms with Crippen LogP contribution in [-0.4, -0.2) is 28.9 Å². The lowest BCUT2D eigenvalue weighted by Crippen LogP contribution is -2.11. The molecule has 0 atom stereocenters. The Morgan fingerprint density at radius 1 is 1.19 bits per heavy atom. The molecule has 2 aromatic carbocycles. The maximum atomic E-state index is 12.2. The van der Waals surface area contributed by atoms with Gasteiger partial charge in [0.25, 0.3) is 5.56 Å². The minimum atomic E-state index is -3.75. The van der Waals surface area contributed by atoms with Gasteiger partial charge >= 0.3 is 0 Å². The lowest BCUT2D eigenvalue weighted by atomic mass is 10.1. The lowest BCUT2D eigenvalue weighted by molar-refractivity contribution is 0.598. The van der Waals surface area contributed by atoms with Crippen LogP contribution in [0.4, 0.5) is 5.69 Å². The quantitative estimate of drug-likeness (QED) is 0.277. The number of rotatable bonds is 5. The van der Waals surface area contributed by atoms with Crippen LogP contribution in [0.3, 0.4) is 0 Å². The number of hydrazone groups is 1. The predicted octanol–water partition coefficient (Wildman–Crippen LogP) is 3.27. The second kappa shape index (κ2) is 8.34. The number of benzene rings is 2. The molecule has 0 aliphatic rings. The first-order valence-electron chi connectivity index (χ1n) is 9.44. The largest absolute Gasteiger partial charge is 0.322 e. The van der Waals surface area contributed by atoms with Gasteiger partial charge in [0, 0.05) is 21.5 Å². The molecule has 2 aromatic heterocycles. The number of nitrogens with zero attached hydrogens (tertiary/aromatic N) is 3. The number of aromatic amines is 1. The van der Waals surface area contributed by atoms with Gasteiger partial charge in [0.1, 0.15) is 0 Å². The van der Waals surface area contributed by atoms with Gasteiger partial charge in [-0.15, -0.1) is 0 Å². The van der Waals surface area contributed by atoms with Gasteiger partial charge in [-0.1, -0.05) is 15.9 Å². The molecule has 4 rings (SSSR count). The van der Waals surface area contributed by atoms with Gasteiger partial charge in [0.15, 0.2) is 0 Å². The summed E-state index contributed by atoms with van der Waals surface area (Å²) in [5, 5.41) is 14.8. The summed E-state index contributed by atoms with van der Waals surface area (Å²) in [7, 11) is -3.75. The van der Waals surface area contributed by atoms with E-state index >= 15 is 0 Å². The second-order valence-corrected chi connectivity index (χ2v) is 9.62. The summed E-state index contributed by atoms with van der Waals surface area (Å²) in [4.78, 5) is 15.0. The van der Waals surface area contributed by atoms with E-state index in [1.54, 1.807) is 23.0 Å². The maximum Gasteiger partial charge on any atom is 0.250 e. The van der Waals surface area contributed by atoms with Crippen molar-refractivity contribution in [3.8, 4) is 5.69 Å². The minimum absolute atomic E-state index is 0.0255. The zero-order valence-corrected chi connectivity index (χ0v) is 19.5. The molecule has 9 nitrogen and oxygen atoms in total. The topological polar surface area (TPSA) is 135 Å². The molecule has 0 aliphatic carbocycles. The number of sulfonamides is 1. The molecule has 0 spiro atoms. The van der Waals surface area contributed by atoms with E-state index < -0.39 is 10.0 Å². The number of primary sulfonamides is 1. The van der Waals surface area contributed by atoms with Crippen molar-refractivity contribution in [3.05, 3.63) is 80.8 Å². The number of hydrogen-bond acceptors (Lipinski definition) is 6. The van der Waals surface area contributed by atoms with Crippen LogP contribution in [0, 0.1) is 6.92 Å². The number of nitrogens with two attached hydrogens (primary N) is 1. The van der Waals surface area contributed by atoms with Crippen LogP contribution < -0.4 is 16.1 Å². The molecule has 0 radical (unpaired) electrons. The number of anilines is 1. The third-order valence-corrected chi connectivity index (χ3v) is 6.37. The Morgan fingerprint density at radius 2 is 1.91 bits per heavy atom. The van der Waals surface area contributed by atoms with Crippen LogP contribution in [0.5, 0.6) is 0 Å². The first-order valence-corrected chi connectivity index (χ1v) is 11.8. The van der Waals surface area contributed by atoms with E-state index in [9.17, 15) is 13.2 Å². The average Bonchev–Trinajstić information content (AvgIpc) is 3.12. The molecule has 0 saturated heterocycles. The van der Waals surface area contributed by atoms with Crippen molar-refractivity contribution in [2.45, 2.75) is 18.7 Å². The van der Waals surface area contributed by atoms with E-state index in [0.29, 0.717) is 22.6 Å². The average molecular weight is 515 g/mol. The summed E-state index contributed by atoms with van der Waals surface area (Å²) in [6, 6.07) is 13.1. The summed E-state index contributed by atoms with van der Waals surface area (Å²) in [6.45, 7) is 3.72. The molecule has 0 amide bonds. The van der Waals surface area contributed by atoms with Crippen molar-refractivity contribution >= 4 is 48.3 Å². The summed E-state index contributed by atoms with van der Waals surface area (Å²) in [6.07, 6.45) is 1.69. The Kier molecular flexibility index (Phi) is 5.71. The molecular formula is C21H19BrN6O3S. The van der Waals surface area contributed by atoms with Crippen molar-refractivity contribution in [1.82, 2.24) is 14.8 Å². The van der Waals surface area contributed by atoms with Gasteiger partial charge in [0.05, 0.1) is 39.4 Å². The lowest BCUT2D eigenvalue weighted by Gasteiger charge is -2.10. The fraction of sp³-hybridized carbons (Fsp3) is 0.0952. The molecule has 164 valence electrons. The molecule has 2 heterocycles. The predicted molar refractivity (Wildman–Crippen MR) is 128 cm³/mol. The van der Waals surface area contributed by atoms with Gasteiger partial charge in [-0.05, 0) is 56.3 Å². The van der Waals surface area contributed by atoms with E-state index in [2.05, 4.69) is 36.5 Å². The van der Waals surface area contributed by atoms with Gasteiger partial charge < -0.3 is 4.98 Å². The van der Waals surface area contributed by atoms with Gasteiger partial charge in [-0.25, -0.2) is 18.2 Å². The van der Waals surface area contributed by atoms with E-state index in [-0.39, 0.29) is 10.5 Å². The van der Waals surface area contributed by atoms with Crippen LogP contribution >= 0.6 is 15.9 Å². The number of pyridine rings is 1. The second-order valence-electron chi connectivity index (χ2n) is 7.14. The monoisotopic (exact) mass is 514 g/mol. The van der Waals surface area contributed by atoms with Crippen LogP contribution in [-0.2, 0) is 10.0 Å². The number of fused-ring (bicyclic) bond motifs is 1. The molecule has 0 fully saturated rings. The number of nitrogens with one attached hydrogen (secondary N) is 2. The minimum Gasteiger partial charge on any atom is -0.322 e. The summed E-state index contributed by atoms with van der Waals surface area (Å²) in [5.41, 5.74) is 6.92. The highest BCUT2D eigenvalue weighted by atomic mass is 79.9. The summed E-state index contributed by atoms with van der Waals surface area (Å²) in [5.74, 6) is 0. The third-order valence-electron chi connectivity index (χ3n) is 4.95. The molecule has 4 aromatic rings. The van der Waals surface area contributed by atoms with Crippen molar-refractivity contribution in [2.24, 2.45) is 10.2 Å². The number of aromatic nitrogens is 3. The zero-order chi connectivity index (χ0) is 23.0. The van der Waals surface area contributed by atoms with Crippen molar-refractivity contribution < 1.29 is 8.42 Å². The molecule has 0 saturated carbocycles.